The zero-order chi connectivity index (χ0) is 11.7. The largest absolute Gasteiger partial charge is 0.444 e. The molecule has 88 valence electrons. The average molecular weight is 216 g/mol. The van der Waals surface area contributed by atoms with Crippen molar-refractivity contribution in [3.05, 3.63) is 0 Å². The fourth-order valence-corrected chi connectivity index (χ4v) is 1.51. The van der Waals surface area contributed by atoms with Crippen molar-refractivity contribution in [2.24, 2.45) is 5.73 Å². The lowest BCUT2D eigenvalue weighted by Crippen LogP contribution is -2.43. The highest BCUT2D eigenvalue weighted by Gasteiger charge is 2.38. The molecule has 0 aromatic carbocycles. The van der Waals surface area contributed by atoms with Gasteiger partial charge in [-0.15, -0.1) is 0 Å². The highest BCUT2D eigenvalue weighted by atomic mass is 16.6. The molecule has 1 heterocycles. The van der Waals surface area contributed by atoms with Gasteiger partial charge in [-0.3, -0.25) is 0 Å². The molecule has 0 aromatic heterocycles. The van der Waals surface area contributed by atoms with Gasteiger partial charge < -0.3 is 20.5 Å². The van der Waals surface area contributed by atoms with Gasteiger partial charge >= 0.3 is 6.09 Å². The molecule has 1 unspecified atom stereocenters. The van der Waals surface area contributed by atoms with Gasteiger partial charge in [0.2, 0.25) is 0 Å². The fourth-order valence-electron chi connectivity index (χ4n) is 1.51. The fraction of sp³-hybridized carbons (Fsp3) is 0.900. The van der Waals surface area contributed by atoms with E-state index < -0.39 is 11.2 Å². The van der Waals surface area contributed by atoms with Gasteiger partial charge in [-0.2, -0.15) is 0 Å². The van der Waals surface area contributed by atoms with Crippen LogP contribution in [-0.4, -0.2) is 46.9 Å². The number of rotatable bonds is 1. The summed E-state index contributed by atoms with van der Waals surface area (Å²) in [6.07, 6.45) is 0.134. The molecule has 0 radical (unpaired) electrons. The van der Waals surface area contributed by atoms with E-state index in [0.29, 0.717) is 13.0 Å². The first kappa shape index (κ1) is 12.3. The molecule has 1 aliphatic rings. The highest BCUT2D eigenvalue weighted by molar-refractivity contribution is 5.68. The molecule has 1 saturated heterocycles. The summed E-state index contributed by atoms with van der Waals surface area (Å²) in [4.78, 5) is 13.1. The van der Waals surface area contributed by atoms with E-state index in [9.17, 15) is 9.90 Å². The Hall–Kier alpha value is -0.810. The summed E-state index contributed by atoms with van der Waals surface area (Å²) in [7, 11) is 0. The summed E-state index contributed by atoms with van der Waals surface area (Å²) >= 11 is 0. The molecule has 0 saturated carbocycles. The number of aliphatic hydroxyl groups is 1. The van der Waals surface area contributed by atoms with E-state index in [1.165, 1.54) is 4.90 Å². The van der Waals surface area contributed by atoms with Crippen molar-refractivity contribution in [1.29, 1.82) is 0 Å². The first-order valence-electron chi connectivity index (χ1n) is 5.16. The zero-order valence-corrected chi connectivity index (χ0v) is 9.62. The summed E-state index contributed by atoms with van der Waals surface area (Å²) < 4.78 is 5.19. The van der Waals surface area contributed by atoms with Crippen LogP contribution >= 0.6 is 0 Å². The quantitative estimate of drug-likeness (QED) is 0.661. The number of hydrogen-bond acceptors (Lipinski definition) is 4. The minimum Gasteiger partial charge on any atom is -0.444 e. The maximum absolute atomic E-state index is 11.6. The zero-order valence-electron chi connectivity index (χ0n) is 9.62. The topological polar surface area (TPSA) is 75.8 Å². The minimum atomic E-state index is -0.934. The number of carbonyl (C=O) groups is 1. The van der Waals surface area contributed by atoms with Crippen LogP contribution in [0.15, 0.2) is 0 Å². The van der Waals surface area contributed by atoms with E-state index in [2.05, 4.69) is 0 Å². The molecule has 1 fully saturated rings. The number of carbonyl (C=O) groups excluding carboxylic acids is 1. The summed E-state index contributed by atoms with van der Waals surface area (Å²) in [5, 5.41) is 9.84. The van der Waals surface area contributed by atoms with Crippen LogP contribution in [0.1, 0.15) is 27.2 Å². The van der Waals surface area contributed by atoms with E-state index in [-0.39, 0.29) is 19.2 Å². The van der Waals surface area contributed by atoms with Gasteiger partial charge in [-0.1, -0.05) is 0 Å². The molecule has 5 heteroatoms. The lowest BCUT2D eigenvalue weighted by Gasteiger charge is -2.25. The van der Waals surface area contributed by atoms with Crippen molar-refractivity contribution in [2.75, 3.05) is 19.6 Å². The Morgan fingerprint density at radius 1 is 1.60 bits per heavy atom. The number of ether oxygens (including phenoxy) is 1. The third-order valence-electron chi connectivity index (χ3n) is 2.36. The maximum Gasteiger partial charge on any atom is 0.410 e. The van der Waals surface area contributed by atoms with E-state index in [1.807, 2.05) is 20.8 Å². The Morgan fingerprint density at radius 2 is 2.20 bits per heavy atom. The lowest BCUT2D eigenvalue weighted by molar-refractivity contribution is 0.0175. The Labute approximate surface area is 90.2 Å². The van der Waals surface area contributed by atoms with Crippen LogP contribution in [0.4, 0.5) is 4.79 Å². The van der Waals surface area contributed by atoms with Crippen LogP contribution in [0.2, 0.25) is 0 Å². The molecule has 0 aromatic rings. The van der Waals surface area contributed by atoms with Gasteiger partial charge in [0.25, 0.3) is 0 Å². The first-order chi connectivity index (χ1) is 6.76. The Kier molecular flexibility index (Phi) is 3.25. The minimum absolute atomic E-state index is 0.173. The molecule has 1 aliphatic heterocycles. The number of amides is 1. The number of likely N-dealkylation sites (tertiary alicyclic amines) is 1. The van der Waals surface area contributed by atoms with Crippen molar-refractivity contribution in [2.45, 2.75) is 38.4 Å². The normalized spacial score (nSPS) is 26.9. The number of nitrogens with zero attached hydrogens (tertiary/aromatic N) is 1. The van der Waals surface area contributed by atoms with E-state index in [1.54, 1.807) is 0 Å². The molecule has 1 amide bonds. The molecule has 15 heavy (non-hydrogen) atoms. The van der Waals surface area contributed by atoms with Gasteiger partial charge in [-0.05, 0) is 27.2 Å². The monoisotopic (exact) mass is 216 g/mol. The van der Waals surface area contributed by atoms with Crippen LogP contribution in [0, 0.1) is 0 Å². The third kappa shape index (κ3) is 3.35. The molecular formula is C10H20N2O3. The molecule has 1 rings (SSSR count). The average Bonchev–Trinajstić information content (AvgIpc) is 2.46. The van der Waals surface area contributed by atoms with E-state index in [4.69, 9.17) is 10.5 Å². The second kappa shape index (κ2) is 3.98. The molecule has 0 aliphatic carbocycles. The van der Waals surface area contributed by atoms with E-state index >= 15 is 0 Å². The van der Waals surface area contributed by atoms with Crippen molar-refractivity contribution in [3.63, 3.8) is 0 Å². The molecule has 0 spiro atoms. The van der Waals surface area contributed by atoms with Crippen molar-refractivity contribution >= 4 is 6.09 Å². The molecule has 1 atom stereocenters. The smallest absolute Gasteiger partial charge is 0.410 e. The summed E-state index contributed by atoms with van der Waals surface area (Å²) in [6, 6.07) is 0. The van der Waals surface area contributed by atoms with Crippen LogP contribution in [0.25, 0.3) is 0 Å². The Balaban J connectivity index is 2.51. The molecule has 5 nitrogen and oxygen atoms in total. The maximum atomic E-state index is 11.6. The second-order valence-electron chi connectivity index (χ2n) is 5.08. The van der Waals surface area contributed by atoms with Gasteiger partial charge in [-0.25, -0.2) is 4.79 Å². The van der Waals surface area contributed by atoms with Crippen molar-refractivity contribution < 1.29 is 14.6 Å². The van der Waals surface area contributed by atoms with Crippen LogP contribution in [-0.2, 0) is 4.74 Å². The Bertz CT molecular complexity index is 250. The predicted octanol–water partition coefficient (Wildman–Crippen LogP) is 0.317. The Morgan fingerprint density at radius 3 is 2.60 bits per heavy atom. The van der Waals surface area contributed by atoms with Gasteiger partial charge in [0.15, 0.2) is 0 Å². The lowest BCUT2D eigenvalue weighted by atomic mass is 10.0. The predicted molar refractivity (Wildman–Crippen MR) is 56.4 cm³/mol. The molecular weight excluding hydrogens is 196 g/mol. The SMILES string of the molecule is CC(C)(C)OC(=O)N1CCC(O)(CN)C1. The summed E-state index contributed by atoms with van der Waals surface area (Å²) in [5.74, 6) is 0. The van der Waals surface area contributed by atoms with Crippen LogP contribution in [0.5, 0.6) is 0 Å². The molecule has 3 N–H and O–H groups in total. The molecule has 0 bridgehead atoms. The van der Waals surface area contributed by atoms with Crippen molar-refractivity contribution in [1.82, 2.24) is 4.90 Å². The van der Waals surface area contributed by atoms with Crippen molar-refractivity contribution in [3.8, 4) is 0 Å². The number of β-amino-alcohol motifs (C(OH)–C–C–N with tert-alkyl or cyclic N) is 1. The third-order valence-corrected chi connectivity index (χ3v) is 2.36. The van der Waals surface area contributed by atoms with Gasteiger partial charge in [0, 0.05) is 13.1 Å². The summed E-state index contributed by atoms with van der Waals surface area (Å²) in [6.45, 7) is 6.38. The standard InChI is InChI=1S/C10H20N2O3/c1-9(2,3)15-8(13)12-5-4-10(14,6-11)7-12/h14H,4-7,11H2,1-3H3. The number of hydrogen-bond donors (Lipinski definition) is 2. The van der Waals surface area contributed by atoms with Crippen LogP contribution in [0.3, 0.4) is 0 Å². The summed E-state index contributed by atoms with van der Waals surface area (Å²) in [5.41, 5.74) is 4.00. The van der Waals surface area contributed by atoms with Gasteiger partial charge in [0.05, 0.1) is 12.1 Å². The van der Waals surface area contributed by atoms with Crippen LogP contribution < -0.4 is 5.73 Å². The number of nitrogens with two attached hydrogens (primary N) is 1. The second-order valence-corrected chi connectivity index (χ2v) is 5.08. The van der Waals surface area contributed by atoms with E-state index in [0.717, 1.165) is 0 Å². The van der Waals surface area contributed by atoms with Gasteiger partial charge in [0.1, 0.15) is 5.60 Å². The highest BCUT2D eigenvalue weighted by Crippen LogP contribution is 2.22. The first-order valence-corrected chi connectivity index (χ1v) is 5.16.